The van der Waals surface area contributed by atoms with E-state index in [0.29, 0.717) is 38.6 Å². The van der Waals surface area contributed by atoms with Crippen LogP contribution in [0.1, 0.15) is 12.8 Å². The molecule has 0 atom stereocenters. The van der Waals surface area contributed by atoms with Crippen LogP contribution >= 0.6 is 11.8 Å². The summed E-state index contributed by atoms with van der Waals surface area (Å²) in [6.07, 6.45) is 1.27. The fraction of sp³-hybridized carbons (Fsp3) is 0.833. The van der Waals surface area contributed by atoms with Crippen molar-refractivity contribution in [2.75, 3.05) is 44.4 Å². The molecule has 7 heteroatoms. The Balaban J connectivity index is 1.98. The molecule has 2 fully saturated rings. The maximum absolute atomic E-state index is 11.7. The first-order chi connectivity index (χ1) is 9.14. The van der Waals surface area contributed by atoms with E-state index < -0.39 is 5.41 Å². The van der Waals surface area contributed by atoms with Gasteiger partial charge in [-0.15, -0.1) is 0 Å². The van der Waals surface area contributed by atoms with Crippen molar-refractivity contribution in [2.45, 2.75) is 12.8 Å². The van der Waals surface area contributed by atoms with E-state index in [9.17, 15) is 4.79 Å². The Hall–Kier alpha value is -0.950. The molecule has 0 radical (unpaired) electrons. The van der Waals surface area contributed by atoms with Gasteiger partial charge in [-0.1, -0.05) is 0 Å². The molecule has 1 amide bonds. The highest BCUT2D eigenvalue weighted by Crippen LogP contribution is 2.30. The first kappa shape index (κ1) is 14.5. The van der Waals surface area contributed by atoms with Crippen molar-refractivity contribution in [3.63, 3.8) is 0 Å². The Labute approximate surface area is 117 Å². The quantitative estimate of drug-likeness (QED) is 0.545. The number of rotatable bonds is 3. The fourth-order valence-corrected chi connectivity index (χ4v) is 3.27. The number of nitrogens with zero attached hydrogens (tertiary/aromatic N) is 2. The summed E-state index contributed by atoms with van der Waals surface area (Å²) in [5.74, 6) is 2.39. The first-order valence-electron chi connectivity index (χ1n) is 6.64. The number of nitrogens with two attached hydrogens (primary N) is 2. The van der Waals surface area contributed by atoms with Gasteiger partial charge in [-0.3, -0.25) is 9.79 Å². The maximum atomic E-state index is 11.7. The summed E-state index contributed by atoms with van der Waals surface area (Å²) in [6, 6.07) is 0. The van der Waals surface area contributed by atoms with Crippen LogP contribution in [0.3, 0.4) is 0 Å². The van der Waals surface area contributed by atoms with E-state index in [-0.39, 0.29) is 5.91 Å². The minimum atomic E-state index is -0.576. The lowest BCUT2D eigenvalue weighted by molar-refractivity contribution is -0.132. The van der Waals surface area contributed by atoms with Crippen LogP contribution in [0.25, 0.3) is 0 Å². The monoisotopic (exact) mass is 286 g/mol. The average molecular weight is 286 g/mol. The van der Waals surface area contributed by atoms with Gasteiger partial charge in [0.25, 0.3) is 0 Å². The van der Waals surface area contributed by atoms with Gasteiger partial charge in [0, 0.05) is 37.8 Å². The average Bonchev–Trinajstić information content (AvgIpc) is 2.46. The Morgan fingerprint density at radius 2 is 1.89 bits per heavy atom. The highest BCUT2D eigenvalue weighted by atomic mass is 32.2. The maximum Gasteiger partial charge on any atom is 0.225 e. The van der Waals surface area contributed by atoms with Crippen LogP contribution in [-0.2, 0) is 9.53 Å². The van der Waals surface area contributed by atoms with E-state index >= 15 is 0 Å². The molecule has 108 valence electrons. The van der Waals surface area contributed by atoms with Crippen molar-refractivity contribution in [3.05, 3.63) is 0 Å². The number of amides is 1. The Morgan fingerprint density at radius 3 is 2.47 bits per heavy atom. The molecule has 2 saturated heterocycles. The van der Waals surface area contributed by atoms with E-state index in [1.54, 1.807) is 0 Å². The number of carbonyl (C=O) groups excluding carboxylic acids is 1. The van der Waals surface area contributed by atoms with E-state index in [1.165, 1.54) is 0 Å². The van der Waals surface area contributed by atoms with Gasteiger partial charge in [-0.25, -0.2) is 0 Å². The predicted octanol–water partition coefficient (Wildman–Crippen LogP) is -0.368. The zero-order valence-electron chi connectivity index (χ0n) is 11.1. The summed E-state index contributed by atoms with van der Waals surface area (Å²) in [5.41, 5.74) is 11.0. The minimum absolute atomic E-state index is 0.290. The molecule has 2 rings (SSSR count). The number of aliphatic imine (C=N–C) groups is 1. The number of thioether (sulfide) groups is 1. The van der Waals surface area contributed by atoms with Gasteiger partial charge in [0.05, 0.1) is 12.0 Å². The molecule has 2 heterocycles. The van der Waals surface area contributed by atoms with Crippen molar-refractivity contribution in [3.8, 4) is 0 Å². The number of hydrogen-bond acceptors (Lipinski definition) is 4. The molecule has 6 nitrogen and oxygen atoms in total. The lowest BCUT2D eigenvalue weighted by atomic mass is 9.79. The minimum Gasteiger partial charge on any atom is -0.381 e. The third-order valence-electron chi connectivity index (χ3n) is 3.85. The fourth-order valence-electron chi connectivity index (χ4n) is 2.37. The molecule has 0 bridgehead atoms. The van der Waals surface area contributed by atoms with Crippen LogP contribution < -0.4 is 11.5 Å². The molecule has 0 aromatic heterocycles. The molecule has 0 aliphatic carbocycles. The van der Waals surface area contributed by atoms with Crippen LogP contribution in [-0.4, -0.2) is 61.1 Å². The summed E-state index contributed by atoms with van der Waals surface area (Å²) < 4.78 is 5.30. The standard InChI is InChI=1S/C12H22N4O2S/c13-10(17)12(1-5-18-6-2-12)9-15-11(14)16-3-7-19-8-4-16/h1-9H2,(H2,13,17)(H2,14,15). The largest absolute Gasteiger partial charge is 0.381 e. The van der Waals surface area contributed by atoms with Gasteiger partial charge in [-0.2, -0.15) is 11.8 Å². The van der Waals surface area contributed by atoms with E-state index in [2.05, 4.69) is 9.89 Å². The number of primary amides is 1. The van der Waals surface area contributed by atoms with Gasteiger partial charge in [0.1, 0.15) is 0 Å². The van der Waals surface area contributed by atoms with Crippen molar-refractivity contribution < 1.29 is 9.53 Å². The number of ether oxygens (including phenoxy) is 1. The lowest BCUT2D eigenvalue weighted by Gasteiger charge is -2.33. The van der Waals surface area contributed by atoms with Gasteiger partial charge in [0.2, 0.25) is 5.91 Å². The molecular weight excluding hydrogens is 264 g/mol. The third-order valence-corrected chi connectivity index (χ3v) is 4.79. The summed E-state index contributed by atoms with van der Waals surface area (Å²) in [6.45, 7) is 3.36. The molecule has 4 N–H and O–H groups in total. The molecule has 19 heavy (non-hydrogen) atoms. The summed E-state index contributed by atoms with van der Waals surface area (Å²) in [4.78, 5) is 18.2. The van der Waals surface area contributed by atoms with Gasteiger partial charge in [-0.05, 0) is 12.8 Å². The second kappa shape index (κ2) is 6.47. The zero-order valence-corrected chi connectivity index (χ0v) is 12.0. The van der Waals surface area contributed by atoms with Crippen molar-refractivity contribution in [1.82, 2.24) is 4.90 Å². The highest BCUT2D eigenvalue weighted by Gasteiger charge is 2.38. The van der Waals surface area contributed by atoms with Crippen molar-refractivity contribution in [1.29, 1.82) is 0 Å². The van der Waals surface area contributed by atoms with Crippen molar-refractivity contribution in [2.24, 2.45) is 21.9 Å². The SMILES string of the molecule is NC(=O)C1(CN=C(N)N2CCSCC2)CCOCC1. The Kier molecular flexibility index (Phi) is 4.93. The number of hydrogen-bond donors (Lipinski definition) is 2. The normalized spacial score (nSPS) is 24.2. The summed E-state index contributed by atoms with van der Waals surface area (Å²) in [5, 5.41) is 0. The molecule has 0 saturated carbocycles. The molecule has 0 aromatic rings. The molecule has 2 aliphatic rings. The summed E-state index contributed by atoms with van der Waals surface area (Å²) in [7, 11) is 0. The second-order valence-corrected chi connectivity index (χ2v) is 6.26. The van der Waals surface area contributed by atoms with E-state index in [4.69, 9.17) is 16.2 Å². The van der Waals surface area contributed by atoms with Crippen LogP contribution in [0.5, 0.6) is 0 Å². The molecule has 0 aromatic carbocycles. The Morgan fingerprint density at radius 1 is 1.26 bits per heavy atom. The van der Waals surface area contributed by atoms with Gasteiger partial charge < -0.3 is 21.1 Å². The first-order valence-corrected chi connectivity index (χ1v) is 7.80. The molecular formula is C12H22N4O2S. The van der Waals surface area contributed by atoms with E-state index in [1.807, 2.05) is 11.8 Å². The summed E-state index contributed by atoms with van der Waals surface area (Å²) >= 11 is 1.92. The number of carbonyl (C=O) groups is 1. The highest BCUT2D eigenvalue weighted by molar-refractivity contribution is 7.99. The smallest absolute Gasteiger partial charge is 0.225 e. The topological polar surface area (TPSA) is 93.9 Å². The van der Waals surface area contributed by atoms with Crippen molar-refractivity contribution >= 4 is 23.6 Å². The van der Waals surface area contributed by atoms with Crippen LogP contribution in [0, 0.1) is 5.41 Å². The van der Waals surface area contributed by atoms with Gasteiger partial charge in [0.15, 0.2) is 5.96 Å². The van der Waals surface area contributed by atoms with Crippen LogP contribution in [0.15, 0.2) is 4.99 Å². The Bertz CT molecular complexity index is 350. The predicted molar refractivity (Wildman–Crippen MR) is 77.1 cm³/mol. The zero-order chi connectivity index (χ0) is 13.7. The van der Waals surface area contributed by atoms with Crippen LogP contribution in [0.4, 0.5) is 0 Å². The number of guanidine groups is 1. The molecule has 2 aliphatic heterocycles. The van der Waals surface area contributed by atoms with Crippen LogP contribution in [0.2, 0.25) is 0 Å². The molecule has 0 unspecified atom stereocenters. The van der Waals surface area contributed by atoms with E-state index in [0.717, 1.165) is 24.6 Å². The third kappa shape index (κ3) is 3.54. The lowest BCUT2D eigenvalue weighted by Crippen LogP contribution is -2.46. The second-order valence-electron chi connectivity index (χ2n) is 5.03. The molecule has 0 spiro atoms. The van der Waals surface area contributed by atoms with Gasteiger partial charge >= 0.3 is 0 Å².